The average molecular weight is 378 g/mol. The van der Waals surface area contributed by atoms with Crippen molar-refractivity contribution in [2.24, 2.45) is 5.14 Å². The number of nitrogens with one attached hydrogen (secondary N) is 1. The van der Waals surface area contributed by atoms with Crippen molar-refractivity contribution in [1.82, 2.24) is 0 Å². The molecule has 8 heteroatoms. The highest BCUT2D eigenvalue weighted by Gasteiger charge is 2.16. The van der Waals surface area contributed by atoms with Crippen molar-refractivity contribution in [2.45, 2.75) is 24.3 Å². The van der Waals surface area contributed by atoms with Crippen LogP contribution in [0.5, 0.6) is 5.75 Å². The largest absolute Gasteiger partial charge is 0.497 e. The van der Waals surface area contributed by atoms with Crippen molar-refractivity contribution in [3.63, 3.8) is 0 Å². The summed E-state index contributed by atoms with van der Waals surface area (Å²) in [6.45, 7) is 2.59. The number of ether oxygens (including phenoxy) is 1. The van der Waals surface area contributed by atoms with Gasteiger partial charge in [0.05, 0.1) is 18.6 Å². The normalized spacial score (nSPS) is 12.4. The lowest BCUT2D eigenvalue weighted by atomic mass is 10.1. The van der Waals surface area contributed by atoms with Gasteiger partial charge < -0.3 is 15.4 Å². The number of methoxy groups -OCH3 is 1. The second-order valence-electron chi connectivity index (χ2n) is 5.97. The van der Waals surface area contributed by atoms with Gasteiger partial charge >= 0.3 is 0 Å². The third-order valence-electron chi connectivity index (χ3n) is 3.98. The molecule has 0 spiro atoms. The third kappa shape index (κ3) is 5.83. The maximum atomic E-state index is 12.2. The van der Waals surface area contributed by atoms with Gasteiger partial charge in [-0.1, -0.05) is 12.1 Å². The Labute approximate surface area is 153 Å². The van der Waals surface area contributed by atoms with Gasteiger partial charge in [0.2, 0.25) is 10.0 Å². The van der Waals surface area contributed by atoms with E-state index in [9.17, 15) is 13.2 Å². The van der Waals surface area contributed by atoms with Crippen molar-refractivity contribution in [2.75, 3.05) is 19.0 Å². The van der Waals surface area contributed by atoms with Gasteiger partial charge in [0.1, 0.15) is 5.75 Å². The summed E-state index contributed by atoms with van der Waals surface area (Å²) in [4.78, 5) is 12.2. The quantitative estimate of drug-likeness (QED) is 0.619. The molecule has 2 aromatic rings. The number of amides is 1. The summed E-state index contributed by atoms with van der Waals surface area (Å²) in [7, 11) is -2.10. The number of nitrogens with two attached hydrogens (primary N) is 2. The number of benzene rings is 2. The fourth-order valence-electron chi connectivity index (χ4n) is 2.38. The molecule has 2 rings (SSSR count). The molecule has 7 nitrogen and oxygen atoms in total. The van der Waals surface area contributed by atoms with E-state index in [1.807, 2.05) is 36.5 Å². The van der Waals surface area contributed by atoms with Crippen LogP contribution < -0.4 is 20.5 Å². The van der Waals surface area contributed by atoms with Crippen LogP contribution in [0.15, 0.2) is 53.4 Å². The van der Waals surface area contributed by atoms with Crippen LogP contribution >= 0.6 is 0 Å². The molecule has 0 saturated carbocycles. The molecule has 0 unspecified atom stereocenters. The number of carbonyl (C=O) groups excluding carboxylic acids is 1. The highest BCUT2D eigenvalue weighted by Crippen LogP contribution is 2.13. The number of anilines is 1. The first kappa shape index (κ1) is 19.9. The number of sulfonamides is 1. The highest BCUT2D eigenvalue weighted by atomic mass is 32.2. The van der Waals surface area contributed by atoms with Crippen LogP contribution in [0.3, 0.4) is 0 Å². The van der Waals surface area contributed by atoms with Gasteiger partial charge in [0.25, 0.3) is 5.91 Å². The van der Waals surface area contributed by atoms with E-state index in [2.05, 4.69) is 5.32 Å². The van der Waals surface area contributed by atoms with Crippen molar-refractivity contribution >= 4 is 21.6 Å². The Bertz CT molecular complexity index is 834. The Kier molecular flexibility index (Phi) is 6.73. The second-order valence-corrected chi connectivity index (χ2v) is 7.53. The summed E-state index contributed by atoms with van der Waals surface area (Å²) in [6, 6.07) is 13.3. The monoisotopic (exact) mass is 378 g/mol. The molecular weight excluding hydrogens is 354 g/mol. The van der Waals surface area contributed by atoms with Gasteiger partial charge in [-0.05, 0) is 48.9 Å². The zero-order valence-corrected chi connectivity index (χ0v) is 15.6. The fourth-order valence-corrected chi connectivity index (χ4v) is 2.90. The van der Waals surface area contributed by atoms with Crippen molar-refractivity contribution in [3.8, 4) is 5.75 Å². The first-order chi connectivity index (χ1) is 12.3. The molecule has 0 fully saturated rings. The molecule has 0 heterocycles. The lowest BCUT2D eigenvalue weighted by Gasteiger charge is -2.12. The topological polar surface area (TPSA) is 115 Å². The summed E-state index contributed by atoms with van der Waals surface area (Å²) >= 11 is 0. The SMILES string of the molecule is COc1ccc(CC[NH2+][C@H](C)C(=O)Nc2ccc(S(N)(=O)=O)cc2)cc1. The van der Waals surface area contributed by atoms with Gasteiger partial charge in [0.15, 0.2) is 6.04 Å². The standard InChI is InChI=1S/C18H23N3O4S/c1-13(20-12-11-14-3-7-16(25-2)8-4-14)18(22)21-15-5-9-17(10-6-15)26(19,23)24/h3-10,13,20H,11-12H2,1-2H3,(H,21,22)(H2,19,23,24)/p+1/t13-/m1/s1. The van der Waals surface area contributed by atoms with E-state index in [1.165, 1.54) is 29.8 Å². The smallest absolute Gasteiger partial charge is 0.282 e. The van der Waals surface area contributed by atoms with Gasteiger partial charge in [-0.15, -0.1) is 0 Å². The maximum Gasteiger partial charge on any atom is 0.282 e. The number of hydrogen-bond acceptors (Lipinski definition) is 4. The Hall–Kier alpha value is -2.42. The maximum absolute atomic E-state index is 12.2. The van der Waals surface area contributed by atoms with Crippen LogP contribution in [-0.4, -0.2) is 34.0 Å². The average Bonchev–Trinajstić information content (AvgIpc) is 2.62. The van der Waals surface area contributed by atoms with E-state index in [1.54, 1.807) is 7.11 Å². The summed E-state index contributed by atoms with van der Waals surface area (Å²) in [5, 5.41) is 9.77. The van der Waals surface area contributed by atoms with Gasteiger partial charge in [-0.2, -0.15) is 0 Å². The van der Waals surface area contributed by atoms with Crippen LogP contribution in [0.2, 0.25) is 0 Å². The summed E-state index contributed by atoms with van der Waals surface area (Å²) in [5.41, 5.74) is 1.70. The van der Waals surface area contributed by atoms with E-state index in [4.69, 9.17) is 9.88 Å². The first-order valence-electron chi connectivity index (χ1n) is 8.19. The van der Waals surface area contributed by atoms with E-state index in [-0.39, 0.29) is 16.8 Å². The minimum absolute atomic E-state index is 0.00889. The van der Waals surface area contributed by atoms with E-state index < -0.39 is 10.0 Å². The number of hydrogen-bond donors (Lipinski definition) is 3. The van der Waals surface area contributed by atoms with Gasteiger partial charge in [-0.3, -0.25) is 4.79 Å². The van der Waals surface area contributed by atoms with Crippen LogP contribution in [-0.2, 0) is 21.2 Å². The number of quaternary nitrogens is 1. The number of primary sulfonamides is 1. The van der Waals surface area contributed by atoms with Crippen molar-refractivity contribution in [1.29, 1.82) is 0 Å². The van der Waals surface area contributed by atoms with E-state index >= 15 is 0 Å². The van der Waals surface area contributed by atoms with Crippen LogP contribution in [0.4, 0.5) is 5.69 Å². The molecule has 2 aromatic carbocycles. The molecule has 26 heavy (non-hydrogen) atoms. The predicted octanol–water partition coefficient (Wildman–Crippen LogP) is 0.476. The van der Waals surface area contributed by atoms with Crippen molar-refractivity contribution < 1.29 is 23.3 Å². The molecular formula is C18H24N3O4S+. The summed E-state index contributed by atoms with van der Waals surface area (Å²) < 4.78 is 27.6. The zero-order chi connectivity index (χ0) is 19.2. The van der Waals surface area contributed by atoms with E-state index in [0.717, 1.165) is 18.7 Å². The van der Waals surface area contributed by atoms with Crippen molar-refractivity contribution in [3.05, 3.63) is 54.1 Å². The number of rotatable bonds is 8. The van der Waals surface area contributed by atoms with E-state index in [0.29, 0.717) is 5.69 Å². The Balaban J connectivity index is 1.81. The molecule has 1 amide bonds. The minimum Gasteiger partial charge on any atom is -0.497 e. The zero-order valence-electron chi connectivity index (χ0n) is 14.8. The first-order valence-corrected chi connectivity index (χ1v) is 9.74. The van der Waals surface area contributed by atoms with Gasteiger partial charge in [-0.25, -0.2) is 13.6 Å². The molecule has 0 radical (unpaired) electrons. The Morgan fingerprint density at radius 2 is 1.77 bits per heavy atom. The summed E-state index contributed by atoms with van der Waals surface area (Å²) in [6.07, 6.45) is 0.838. The van der Waals surface area contributed by atoms with Crippen LogP contribution in [0, 0.1) is 0 Å². The predicted molar refractivity (Wildman–Crippen MR) is 99.4 cm³/mol. The Morgan fingerprint density at radius 3 is 2.31 bits per heavy atom. The van der Waals surface area contributed by atoms with Gasteiger partial charge in [0, 0.05) is 12.1 Å². The second kappa shape index (κ2) is 8.79. The fraction of sp³-hybridized carbons (Fsp3) is 0.278. The molecule has 0 aromatic heterocycles. The molecule has 0 bridgehead atoms. The van der Waals surface area contributed by atoms with Crippen LogP contribution in [0.25, 0.3) is 0 Å². The molecule has 140 valence electrons. The summed E-state index contributed by atoms with van der Waals surface area (Å²) in [5.74, 6) is 0.669. The minimum atomic E-state index is -3.73. The molecule has 0 aliphatic heterocycles. The lowest BCUT2D eigenvalue weighted by Crippen LogP contribution is -2.92. The third-order valence-corrected chi connectivity index (χ3v) is 4.91. The molecule has 0 aliphatic carbocycles. The van der Waals surface area contributed by atoms with Crippen LogP contribution in [0.1, 0.15) is 12.5 Å². The molecule has 0 aliphatic rings. The lowest BCUT2D eigenvalue weighted by molar-refractivity contribution is -0.672. The molecule has 0 saturated heterocycles. The Morgan fingerprint density at radius 1 is 1.15 bits per heavy atom. The molecule has 5 N–H and O–H groups in total. The highest BCUT2D eigenvalue weighted by molar-refractivity contribution is 7.89. The molecule has 1 atom stereocenters. The number of carbonyl (C=O) groups is 1.